The Balaban J connectivity index is 1.32. The first-order valence-electron chi connectivity index (χ1n) is 11.7. The Labute approximate surface area is 164 Å². The van der Waals surface area contributed by atoms with Gasteiger partial charge in [-0.3, -0.25) is 4.79 Å². The summed E-state index contributed by atoms with van der Waals surface area (Å²) in [6, 6.07) is 0. The van der Waals surface area contributed by atoms with Crippen LogP contribution in [-0.2, 0) is 4.79 Å². The second-order valence-corrected chi connectivity index (χ2v) is 11.0. The molecule has 0 aromatic rings. The van der Waals surface area contributed by atoms with E-state index in [0.717, 1.165) is 42.9 Å². The van der Waals surface area contributed by atoms with Crippen molar-refractivity contribution in [3.8, 4) is 11.8 Å². The van der Waals surface area contributed by atoms with Crippen LogP contribution >= 0.6 is 0 Å². The number of carbonyl (C=O) groups is 1. The minimum atomic E-state index is -0.702. The summed E-state index contributed by atoms with van der Waals surface area (Å²) < 4.78 is 0. The van der Waals surface area contributed by atoms with Crippen molar-refractivity contribution in [1.82, 2.24) is 0 Å². The molecule has 0 spiro atoms. The van der Waals surface area contributed by atoms with Gasteiger partial charge in [-0.15, -0.1) is 0 Å². The minimum Gasteiger partial charge on any atom is -0.378 e. The number of hydrogen-bond donors (Lipinski definition) is 1. The second kappa shape index (κ2) is 6.35. The van der Waals surface area contributed by atoms with Crippen molar-refractivity contribution in [2.75, 3.05) is 0 Å². The van der Waals surface area contributed by atoms with Gasteiger partial charge in [0.15, 0.2) is 0 Å². The van der Waals surface area contributed by atoms with Crippen LogP contribution in [0.3, 0.4) is 0 Å². The maximum atomic E-state index is 12.2. The maximum absolute atomic E-state index is 12.2. The van der Waals surface area contributed by atoms with E-state index < -0.39 is 5.60 Å². The topological polar surface area (TPSA) is 37.3 Å². The molecule has 2 heteroatoms. The molecule has 0 amide bonds. The van der Waals surface area contributed by atoms with Crippen molar-refractivity contribution in [3.63, 3.8) is 0 Å². The van der Waals surface area contributed by atoms with E-state index in [9.17, 15) is 9.90 Å². The molecule has 5 aliphatic rings. The summed E-state index contributed by atoms with van der Waals surface area (Å²) in [5, 5.41) is 11.1. The van der Waals surface area contributed by atoms with E-state index in [1.807, 2.05) is 6.92 Å². The van der Waals surface area contributed by atoms with Crippen LogP contribution in [0.15, 0.2) is 0 Å². The lowest BCUT2D eigenvalue weighted by Crippen LogP contribution is -2.51. The number of aliphatic hydroxyl groups is 1. The Morgan fingerprint density at radius 3 is 2.44 bits per heavy atom. The number of ketones is 1. The average molecular weight is 369 g/mol. The molecule has 0 radical (unpaired) electrons. The van der Waals surface area contributed by atoms with Gasteiger partial charge < -0.3 is 5.11 Å². The molecule has 5 aliphatic carbocycles. The van der Waals surface area contributed by atoms with Crippen LogP contribution in [-0.4, -0.2) is 16.5 Å². The van der Waals surface area contributed by atoms with Crippen LogP contribution in [0.2, 0.25) is 0 Å². The summed E-state index contributed by atoms with van der Waals surface area (Å²) in [7, 11) is 0. The van der Waals surface area contributed by atoms with Gasteiger partial charge in [0.25, 0.3) is 0 Å². The highest BCUT2D eigenvalue weighted by Crippen LogP contribution is 2.64. The predicted molar refractivity (Wildman–Crippen MR) is 107 cm³/mol. The maximum Gasteiger partial charge on any atom is 0.133 e. The van der Waals surface area contributed by atoms with E-state index in [0.29, 0.717) is 23.5 Å². The fourth-order valence-corrected chi connectivity index (χ4v) is 8.12. The van der Waals surface area contributed by atoms with E-state index in [4.69, 9.17) is 0 Å². The Morgan fingerprint density at radius 1 is 0.926 bits per heavy atom. The Bertz CT molecular complexity index is 682. The summed E-state index contributed by atoms with van der Waals surface area (Å²) in [6.07, 6.45) is 13.0. The summed E-state index contributed by atoms with van der Waals surface area (Å²) in [5.41, 5.74) is -0.433. The largest absolute Gasteiger partial charge is 0.378 e. The molecule has 27 heavy (non-hydrogen) atoms. The highest BCUT2D eigenvalue weighted by molar-refractivity contribution is 5.79. The van der Waals surface area contributed by atoms with Gasteiger partial charge >= 0.3 is 0 Å². The van der Waals surface area contributed by atoms with Gasteiger partial charge in [0.2, 0.25) is 0 Å². The third-order valence-electron chi connectivity index (χ3n) is 9.59. The van der Waals surface area contributed by atoms with Crippen LogP contribution in [0.25, 0.3) is 0 Å². The zero-order valence-electron chi connectivity index (χ0n) is 17.2. The predicted octanol–water partition coefficient (Wildman–Crippen LogP) is 4.99. The standard InChI is InChI=1S/C25H36O2/c1-16(26)22-7-8-23-21-6-5-18-15-25(27,13-9-17-3-4-17)14-11-19(18)20(21)10-12-24(22,23)2/h17-23,27H,3-8,10-12,14-15H2,1-2H3/t18-,19+,20-,21-,22-,23+,24-,25-/m1/s1. The molecule has 0 saturated heterocycles. The molecule has 0 unspecified atom stereocenters. The second-order valence-electron chi connectivity index (χ2n) is 11.0. The monoisotopic (exact) mass is 368 g/mol. The third kappa shape index (κ3) is 3.00. The lowest BCUT2D eigenvalue weighted by molar-refractivity contribution is -0.129. The van der Waals surface area contributed by atoms with Crippen molar-refractivity contribution >= 4 is 5.78 Å². The van der Waals surface area contributed by atoms with Crippen molar-refractivity contribution in [2.24, 2.45) is 46.8 Å². The van der Waals surface area contributed by atoms with Crippen LogP contribution in [0.4, 0.5) is 0 Å². The van der Waals surface area contributed by atoms with Gasteiger partial charge in [-0.2, -0.15) is 0 Å². The van der Waals surface area contributed by atoms with Crippen molar-refractivity contribution in [1.29, 1.82) is 0 Å². The molecule has 148 valence electrons. The van der Waals surface area contributed by atoms with Crippen LogP contribution < -0.4 is 0 Å². The van der Waals surface area contributed by atoms with Gasteiger partial charge in [0.1, 0.15) is 11.4 Å². The summed E-state index contributed by atoms with van der Waals surface area (Å²) in [4.78, 5) is 12.2. The number of rotatable bonds is 1. The molecular weight excluding hydrogens is 332 g/mol. The first-order valence-corrected chi connectivity index (χ1v) is 11.7. The Kier molecular flexibility index (Phi) is 4.29. The normalized spacial score (nSPS) is 51.4. The quantitative estimate of drug-likeness (QED) is 0.662. The molecule has 5 fully saturated rings. The van der Waals surface area contributed by atoms with Crippen molar-refractivity contribution in [3.05, 3.63) is 0 Å². The van der Waals surface area contributed by atoms with Crippen LogP contribution in [0.1, 0.15) is 84.5 Å². The van der Waals surface area contributed by atoms with Crippen LogP contribution in [0, 0.1) is 58.7 Å². The zero-order chi connectivity index (χ0) is 18.8. The van der Waals surface area contributed by atoms with Crippen molar-refractivity contribution in [2.45, 2.75) is 90.1 Å². The molecular formula is C25H36O2. The van der Waals surface area contributed by atoms with Crippen molar-refractivity contribution < 1.29 is 9.90 Å². The average Bonchev–Trinajstić information content (AvgIpc) is 3.39. The van der Waals surface area contributed by atoms with E-state index in [1.54, 1.807) is 0 Å². The van der Waals surface area contributed by atoms with E-state index in [1.165, 1.54) is 51.4 Å². The number of fused-ring (bicyclic) bond motifs is 5. The Morgan fingerprint density at radius 2 is 1.70 bits per heavy atom. The highest BCUT2D eigenvalue weighted by atomic mass is 16.3. The summed E-state index contributed by atoms with van der Waals surface area (Å²) >= 11 is 0. The minimum absolute atomic E-state index is 0.269. The fourth-order valence-electron chi connectivity index (χ4n) is 8.12. The number of carbonyl (C=O) groups excluding carboxylic acids is 1. The molecule has 8 atom stereocenters. The SMILES string of the molecule is CC(=O)[C@H]1CC[C@H]2[C@@H]3CC[C@@H]4C[C@@](O)(C#CC5CC5)CC[C@@H]4[C@H]3CC[C@]12C. The first-order chi connectivity index (χ1) is 12.9. The van der Waals surface area contributed by atoms with Gasteiger partial charge in [-0.25, -0.2) is 0 Å². The van der Waals surface area contributed by atoms with E-state index in [-0.39, 0.29) is 5.41 Å². The molecule has 0 aromatic carbocycles. The smallest absolute Gasteiger partial charge is 0.133 e. The highest BCUT2D eigenvalue weighted by Gasteiger charge is 2.58. The molecule has 2 nitrogen and oxygen atoms in total. The molecule has 0 aliphatic heterocycles. The summed E-state index contributed by atoms with van der Waals surface area (Å²) in [6.45, 7) is 4.26. The zero-order valence-corrected chi connectivity index (χ0v) is 17.2. The lowest BCUT2D eigenvalue weighted by atomic mass is 9.49. The van der Waals surface area contributed by atoms with E-state index in [2.05, 4.69) is 18.8 Å². The molecule has 1 N–H and O–H groups in total. The van der Waals surface area contributed by atoms with Gasteiger partial charge in [0.05, 0.1) is 0 Å². The number of hydrogen-bond acceptors (Lipinski definition) is 2. The fraction of sp³-hybridized carbons (Fsp3) is 0.880. The molecule has 0 heterocycles. The number of Topliss-reactive ketones (excluding diaryl/α,β-unsaturated/α-hetero) is 1. The van der Waals surface area contributed by atoms with Gasteiger partial charge in [-0.1, -0.05) is 18.8 Å². The van der Waals surface area contributed by atoms with E-state index >= 15 is 0 Å². The summed E-state index contributed by atoms with van der Waals surface area (Å²) in [5.74, 6) is 11.9. The molecule has 0 bridgehead atoms. The van der Waals surface area contributed by atoms with Gasteiger partial charge in [0, 0.05) is 11.8 Å². The third-order valence-corrected chi connectivity index (χ3v) is 9.59. The Hall–Kier alpha value is -0.810. The first kappa shape index (κ1) is 18.2. The molecule has 5 rings (SSSR count). The molecule has 5 saturated carbocycles. The van der Waals surface area contributed by atoms with Gasteiger partial charge in [-0.05, 0) is 113 Å². The van der Waals surface area contributed by atoms with Crippen LogP contribution in [0.5, 0.6) is 0 Å². The molecule has 0 aromatic heterocycles. The lowest BCUT2D eigenvalue weighted by Gasteiger charge is -2.56.